The van der Waals surface area contributed by atoms with Crippen LogP contribution in [0.3, 0.4) is 0 Å². The summed E-state index contributed by atoms with van der Waals surface area (Å²) in [5, 5.41) is 11.1. The zero-order valence-electron chi connectivity index (χ0n) is 13.1. The van der Waals surface area contributed by atoms with Gasteiger partial charge in [-0.05, 0) is 51.5 Å². The first-order chi connectivity index (χ1) is 9.79. The molecule has 1 aliphatic rings. The molecule has 0 atom stereocenters. The van der Waals surface area contributed by atoms with Crippen LogP contribution in [0, 0.1) is 0 Å². The highest BCUT2D eigenvalue weighted by Crippen LogP contribution is 2.35. The minimum atomic E-state index is -0.968. The topological polar surface area (TPSA) is 84.6 Å². The first-order valence-electron chi connectivity index (χ1n) is 6.95. The average molecular weight is 292 g/mol. The van der Waals surface area contributed by atoms with Gasteiger partial charge in [-0.25, -0.2) is 0 Å². The molecule has 1 aliphatic heterocycles. The van der Waals surface area contributed by atoms with Crippen LogP contribution in [0.5, 0.6) is 5.75 Å². The Balaban J connectivity index is 0.000000383. The van der Waals surface area contributed by atoms with Crippen LogP contribution < -0.4 is 15.8 Å². The third-order valence-electron chi connectivity index (χ3n) is 2.94. The van der Waals surface area contributed by atoms with Crippen molar-refractivity contribution in [2.75, 3.05) is 18.5 Å². The Bertz CT molecular complexity index is 536. The number of hydrogen-bond donors (Lipinski definition) is 3. The van der Waals surface area contributed by atoms with Crippen LogP contribution >= 0.6 is 0 Å². The molecule has 0 saturated carbocycles. The molecule has 4 N–H and O–H groups in total. The summed E-state index contributed by atoms with van der Waals surface area (Å²) in [4.78, 5) is 9.24. The van der Waals surface area contributed by atoms with Gasteiger partial charge in [0.05, 0.1) is 18.7 Å². The molecule has 1 aromatic rings. The monoisotopic (exact) mass is 292 g/mol. The highest BCUT2D eigenvalue weighted by molar-refractivity contribution is 5.80. The number of carboxylic acid groups (broad SMARTS) is 1. The van der Waals surface area contributed by atoms with Gasteiger partial charge in [-0.2, -0.15) is 0 Å². The van der Waals surface area contributed by atoms with E-state index in [9.17, 15) is 4.79 Å². The van der Waals surface area contributed by atoms with Crippen LogP contribution in [-0.2, 0) is 4.79 Å². The summed E-state index contributed by atoms with van der Waals surface area (Å²) in [7, 11) is 0. The molecule has 0 radical (unpaired) electrons. The Labute approximate surface area is 125 Å². The largest absolute Gasteiger partial charge is 0.494 e. The quantitative estimate of drug-likeness (QED) is 0.797. The molecule has 0 spiro atoms. The Morgan fingerprint density at radius 3 is 2.57 bits per heavy atom. The zero-order chi connectivity index (χ0) is 16.0. The number of carboxylic acids is 1. The molecule has 116 valence electrons. The maximum Gasteiger partial charge on any atom is 0.317 e. The molecule has 0 unspecified atom stereocenters. The number of nitrogens with one attached hydrogen (secondary N) is 1. The number of rotatable bonds is 3. The number of allylic oxidation sites excluding steroid dienone is 1. The number of benzene rings is 1. The third-order valence-corrected chi connectivity index (χ3v) is 2.94. The second-order valence-electron chi connectivity index (χ2n) is 5.41. The van der Waals surface area contributed by atoms with Crippen molar-refractivity contribution in [3.05, 3.63) is 29.8 Å². The molecule has 1 aromatic carbocycles. The van der Waals surface area contributed by atoms with E-state index in [0.29, 0.717) is 6.61 Å². The number of aliphatic carboxylic acids is 1. The third kappa shape index (κ3) is 5.11. The number of fused-ring (bicyclic) bond motifs is 1. The Kier molecular flexibility index (Phi) is 5.79. The molecular weight excluding hydrogens is 268 g/mol. The van der Waals surface area contributed by atoms with Crippen molar-refractivity contribution < 1.29 is 14.6 Å². The molecule has 0 aliphatic carbocycles. The highest BCUT2D eigenvalue weighted by atomic mass is 16.5. The number of anilines is 1. The van der Waals surface area contributed by atoms with Gasteiger partial charge < -0.3 is 20.9 Å². The summed E-state index contributed by atoms with van der Waals surface area (Å²) in [6.07, 6.45) is 2.26. The van der Waals surface area contributed by atoms with Crippen LogP contribution in [0.25, 0.3) is 5.57 Å². The van der Waals surface area contributed by atoms with Crippen molar-refractivity contribution in [3.8, 4) is 5.75 Å². The van der Waals surface area contributed by atoms with Gasteiger partial charge in [0.15, 0.2) is 0 Å². The van der Waals surface area contributed by atoms with Gasteiger partial charge in [-0.15, -0.1) is 0 Å². The van der Waals surface area contributed by atoms with Crippen molar-refractivity contribution in [3.63, 3.8) is 0 Å². The molecule has 0 aromatic heterocycles. The van der Waals surface area contributed by atoms with Crippen LogP contribution in [0.4, 0.5) is 5.69 Å². The van der Waals surface area contributed by atoms with E-state index in [1.165, 1.54) is 16.8 Å². The summed E-state index contributed by atoms with van der Waals surface area (Å²) < 4.78 is 5.52. The summed E-state index contributed by atoms with van der Waals surface area (Å²) in [6, 6.07) is 6.22. The first kappa shape index (κ1) is 17.0. The average Bonchev–Trinajstić information content (AvgIpc) is 2.39. The Morgan fingerprint density at radius 1 is 1.43 bits per heavy atom. The second kappa shape index (κ2) is 7.13. The second-order valence-corrected chi connectivity index (χ2v) is 5.41. The van der Waals surface area contributed by atoms with Crippen molar-refractivity contribution >= 4 is 17.2 Å². The first-order valence-corrected chi connectivity index (χ1v) is 6.95. The summed E-state index contributed by atoms with van der Waals surface area (Å²) in [6.45, 7) is 8.94. The fourth-order valence-corrected chi connectivity index (χ4v) is 2.22. The van der Waals surface area contributed by atoms with E-state index in [0.717, 1.165) is 5.75 Å². The lowest BCUT2D eigenvalue weighted by Crippen LogP contribution is -2.31. The van der Waals surface area contributed by atoms with Gasteiger partial charge in [-0.1, -0.05) is 6.08 Å². The van der Waals surface area contributed by atoms with Crippen LogP contribution in [-0.4, -0.2) is 29.8 Å². The molecule has 0 saturated heterocycles. The van der Waals surface area contributed by atoms with Crippen LogP contribution in [0.2, 0.25) is 0 Å². The van der Waals surface area contributed by atoms with E-state index in [2.05, 4.69) is 50.0 Å². The fraction of sp³-hybridized carbons (Fsp3) is 0.438. The van der Waals surface area contributed by atoms with Crippen molar-refractivity contribution in [2.24, 2.45) is 5.73 Å². The molecule has 0 amide bonds. The molecular formula is C16H24N2O3. The van der Waals surface area contributed by atoms with E-state index < -0.39 is 5.97 Å². The lowest BCUT2D eigenvalue weighted by molar-refractivity contribution is -0.135. The Morgan fingerprint density at radius 2 is 2.05 bits per heavy atom. The van der Waals surface area contributed by atoms with Crippen LogP contribution in [0.15, 0.2) is 24.3 Å². The summed E-state index contributed by atoms with van der Waals surface area (Å²) >= 11 is 0. The minimum Gasteiger partial charge on any atom is -0.494 e. The SMILES string of the molecule is CCOc1ccc2c(c1)C(C)=CC(C)(C)N2.NCC(=O)O. The standard InChI is InChI=1S/C14H19NO.C2H5NO2/c1-5-16-11-6-7-13-12(8-11)10(2)9-14(3,4)15-13;3-1-2(4)5/h6-9,15H,5H2,1-4H3;1,3H2,(H,4,5). The lowest BCUT2D eigenvalue weighted by atomic mass is 9.91. The van der Waals surface area contributed by atoms with Crippen molar-refractivity contribution in [1.82, 2.24) is 0 Å². The van der Waals surface area contributed by atoms with E-state index >= 15 is 0 Å². The molecule has 2 rings (SSSR count). The number of hydrogen-bond acceptors (Lipinski definition) is 4. The van der Waals surface area contributed by atoms with Crippen LogP contribution in [0.1, 0.15) is 33.3 Å². The van der Waals surface area contributed by atoms with Gasteiger partial charge in [0.25, 0.3) is 0 Å². The van der Waals surface area contributed by atoms with Crippen molar-refractivity contribution in [2.45, 2.75) is 33.2 Å². The molecule has 0 fully saturated rings. The minimum absolute atomic E-state index is 0.0320. The number of carbonyl (C=O) groups is 1. The molecule has 5 nitrogen and oxygen atoms in total. The van der Waals surface area contributed by atoms with E-state index in [1.807, 2.05) is 13.0 Å². The zero-order valence-corrected chi connectivity index (χ0v) is 13.1. The van der Waals surface area contributed by atoms with Gasteiger partial charge in [0.2, 0.25) is 0 Å². The molecule has 1 heterocycles. The summed E-state index contributed by atoms with van der Waals surface area (Å²) in [5.41, 5.74) is 8.34. The lowest BCUT2D eigenvalue weighted by Gasteiger charge is -2.31. The van der Waals surface area contributed by atoms with Gasteiger partial charge >= 0.3 is 5.97 Å². The summed E-state index contributed by atoms with van der Waals surface area (Å²) in [5.74, 6) is -0.0273. The van der Waals surface area contributed by atoms with Gasteiger partial charge in [0, 0.05) is 11.3 Å². The van der Waals surface area contributed by atoms with E-state index in [4.69, 9.17) is 9.84 Å². The van der Waals surface area contributed by atoms with Gasteiger partial charge in [-0.3, -0.25) is 4.79 Å². The van der Waals surface area contributed by atoms with Gasteiger partial charge in [0.1, 0.15) is 5.75 Å². The van der Waals surface area contributed by atoms with Crippen molar-refractivity contribution in [1.29, 1.82) is 0 Å². The van der Waals surface area contributed by atoms with E-state index in [-0.39, 0.29) is 12.1 Å². The fourth-order valence-electron chi connectivity index (χ4n) is 2.22. The smallest absolute Gasteiger partial charge is 0.317 e. The number of ether oxygens (including phenoxy) is 1. The Hall–Kier alpha value is -2.01. The number of nitrogens with two attached hydrogens (primary N) is 1. The van der Waals surface area contributed by atoms with E-state index in [1.54, 1.807) is 0 Å². The maximum absolute atomic E-state index is 9.24. The molecule has 0 bridgehead atoms. The predicted octanol–water partition coefficient (Wildman–Crippen LogP) is 2.72. The predicted molar refractivity (Wildman–Crippen MR) is 85.7 cm³/mol. The highest BCUT2D eigenvalue weighted by Gasteiger charge is 2.22. The molecule has 5 heteroatoms. The maximum atomic E-state index is 9.24. The normalized spacial score (nSPS) is 14.8. The molecule has 21 heavy (non-hydrogen) atoms.